The molecule has 0 aliphatic heterocycles. The van der Waals surface area contributed by atoms with Crippen LogP contribution in [-0.4, -0.2) is 18.0 Å². The van der Waals surface area contributed by atoms with E-state index in [1.54, 1.807) is 0 Å². The smallest absolute Gasteiger partial charge is 0.0328 e. The first-order chi connectivity index (χ1) is 7.65. The molecule has 1 fully saturated rings. The number of rotatable bonds is 3. The van der Waals surface area contributed by atoms with Crippen molar-refractivity contribution in [3.8, 4) is 0 Å². The van der Waals surface area contributed by atoms with Gasteiger partial charge in [-0.3, -0.25) is 4.90 Å². The van der Waals surface area contributed by atoms with Crippen molar-refractivity contribution in [1.82, 2.24) is 4.90 Å². The molecule has 1 aromatic heterocycles. The van der Waals surface area contributed by atoms with Crippen LogP contribution in [0.4, 0.5) is 0 Å². The van der Waals surface area contributed by atoms with Crippen molar-refractivity contribution in [2.75, 3.05) is 7.05 Å². The first-order valence-corrected chi connectivity index (χ1v) is 7.75. The van der Waals surface area contributed by atoms with E-state index in [4.69, 9.17) is 0 Å². The third-order valence-corrected chi connectivity index (χ3v) is 5.24. The lowest BCUT2D eigenvalue weighted by Crippen LogP contribution is -2.34. The predicted molar refractivity (Wildman–Crippen MR) is 74.9 cm³/mol. The largest absolute Gasteiger partial charge is 0.298 e. The fraction of sp³-hybridized carbons (Fsp3) is 0.692. The van der Waals surface area contributed by atoms with Gasteiger partial charge in [-0.25, -0.2) is 0 Å². The molecule has 1 aliphatic carbocycles. The van der Waals surface area contributed by atoms with Crippen molar-refractivity contribution in [2.24, 2.45) is 5.92 Å². The van der Waals surface area contributed by atoms with Crippen LogP contribution in [0.15, 0.2) is 15.9 Å². The van der Waals surface area contributed by atoms with Crippen LogP contribution >= 0.6 is 27.3 Å². The van der Waals surface area contributed by atoms with E-state index in [9.17, 15) is 0 Å². The molecule has 0 N–H and O–H groups in total. The molecule has 0 bridgehead atoms. The highest BCUT2D eigenvalue weighted by molar-refractivity contribution is 9.10. The minimum absolute atomic E-state index is 0.796. The fourth-order valence-corrected chi connectivity index (χ4v) is 4.13. The second-order valence-corrected chi connectivity index (χ2v) is 6.98. The van der Waals surface area contributed by atoms with Gasteiger partial charge in [0.2, 0.25) is 0 Å². The Labute approximate surface area is 111 Å². The molecule has 16 heavy (non-hydrogen) atoms. The van der Waals surface area contributed by atoms with E-state index in [0.717, 1.165) is 18.5 Å². The van der Waals surface area contributed by atoms with Crippen molar-refractivity contribution in [3.63, 3.8) is 0 Å². The van der Waals surface area contributed by atoms with Gasteiger partial charge in [-0.1, -0.05) is 19.8 Å². The standard InChI is InChI=1S/C13H20BrNS/c1-10-4-3-5-12(6-10)15(2)8-13-7-11(14)9-16-13/h7,9-10,12H,3-6,8H2,1-2H3. The summed E-state index contributed by atoms with van der Waals surface area (Å²) < 4.78 is 1.22. The van der Waals surface area contributed by atoms with Crippen LogP contribution in [0.25, 0.3) is 0 Å². The monoisotopic (exact) mass is 301 g/mol. The molecule has 1 nitrogen and oxygen atoms in total. The number of halogens is 1. The molecule has 2 unspecified atom stereocenters. The first kappa shape index (κ1) is 12.6. The molecule has 90 valence electrons. The zero-order valence-electron chi connectivity index (χ0n) is 10.1. The second kappa shape index (κ2) is 5.65. The second-order valence-electron chi connectivity index (χ2n) is 5.07. The Hall–Kier alpha value is 0.140. The lowest BCUT2D eigenvalue weighted by atomic mass is 9.86. The van der Waals surface area contributed by atoms with Crippen LogP contribution in [0.2, 0.25) is 0 Å². The predicted octanol–water partition coefficient (Wildman–Crippen LogP) is 4.52. The summed E-state index contributed by atoms with van der Waals surface area (Å²) in [6.07, 6.45) is 5.59. The van der Waals surface area contributed by atoms with Crippen LogP contribution < -0.4 is 0 Å². The molecule has 0 aromatic carbocycles. The van der Waals surface area contributed by atoms with E-state index in [-0.39, 0.29) is 0 Å². The van der Waals surface area contributed by atoms with E-state index in [1.165, 1.54) is 35.0 Å². The molecule has 1 aromatic rings. The topological polar surface area (TPSA) is 3.24 Å². The highest BCUT2D eigenvalue weighted by atomic mass is 79.9. The number of hydrogen-bond acceptors (Lipinski definition) is 2. The van der Waals surface area contributed by atoms with Crippen LogP contribution in [-0.2, 0) is 6.54 Å². The summed E-state index contributed by atoms with van der Waals surface area (Å²) in [6.45, 7) is 3.50. The van der Waals surface area contributed by atoms with Crippen LogP contribution in [0.1, 0.15) is 37.5 Å². The van der Waals surface area contributed by atoms with Crippen LogP contribution in [0.5, 0.6) is 0 Å². The Morgan fingerprint density at radius 2 is 2.31 bits per heavy atom. The van der Waals surface area contributed by atoms with Crippen molar-refractivity contribution in [2.45, 2.75) is 45.2 Å². The highest BCUT2D eigenvalue weighted by Gasteiger charge is 2.22. The number of nitrogens with zero attached hydrogens (tertiary/aromatic N) is 1. The molecule has 1 aliphatic rings. The normalized spacial score (nSPS) is 26.2. The van der Waals surface area contributed by atoms with Crippen LogP contribution in [0, 0.1) is 5.92 Å². The fourth-order valence-electron chi connectivity index (χ4n) is 2.61. The Morgan fingerprint density at radius 1 is 1.50 bits per heavy atom. The maximum atomic E-state index is 3.52. The van der Waals surface area contributed by atoms with Crippen molar-refractivity contribution in [3.05, 3.63) is 20.8 Å². The molecule has 2 atom stereocenters. The molecule has 1 heterocycles. The Kier molecular flexibility index (Phi) is 4.45. The van der Waals surface area contributed by atoms with Crippen molar-refractivity contribution in [1.29, 1.82) is 0 Å². The van der Waals surface area contributed by atoms with Gasteiger partial charge in [-0.05, 0) is 47.8 Å². The minimum atomic E-state index is 0.796. The third kappa shape index (κ3) is 3.31. The summed E-state index contributed by atoms with van der Waals surface area (Å²) in [5.74, 6) is 0.913. The Bertz CT molecular complexity index is 336. The minimum Gasteiger partial charge on any atom is -0.298 e. The number of hydrogen-bond donors (Lipinski definition) is 0. The lowest BCUT2D eigenvalue weighted by Gasteiger charge is -2.33. The summed E-state index contributed by atoms with van der Waals surface area (Å²) in [4.78, 5) is 4.00. The maximum Gasteiger partial charge on any atom is 0.0328 e. The SMILES string of the molecule is CC1CCCC(N(C)Cc2cc(Br)cs2)C1. The molecule has 0 spiro atoms. The zero-order chi connectivity index (χ0) is 11.5. The van der Waals surface area contributed by atoms with Gasteiger partial charge in [0, 0.05) is 27.3 Å². The average Bonchev–Trinajstić information content (AvgIpc) is 2.64. The third-order valence-electron chi connectivity index (χ3n) is 3.56. The molecule has 0 saturated heterocycles. The zero-order valence-corrected chi connectivity index (χ0v) is 12.5. The summed E-state index contributed by atoms with van der Waals surface area (Å²) in [6, 6.07) is 3.04. The molecule has 0 radical (unpaired) electrons. The van der Waals surface area contributed by atoms with E-state index in [2.05, 4.69) is 46.2 Å². The van der Waals surface area contributed by atoms with Gasteiger partial charge < -0.3 is 0 Å². The number of thiophene rings is 1. The van der Waals surface area contributed by atoms with Crippen LogP contribution in [0.3, 0.4) is 0 Å². The van der Waals surface area contributed by atoms with Gasteiger partial charge in [0.1, 0.15) is 0 Å². The van der Waals surface area contributed by atoms with Crippen molar-refractivity contribution < 1.29 is 0 Å². The van der Waals surface area contributed by atoms with Gasteiger partial charge >= 0.3 is 0 Å². The van der Waals surface area contributed by atoms with E-state index in [0.29, 0.717) is 0 Å². The van der Waals surface area contributed by atoms with Gasteiger partial charge in [0.25, 0.3) is 0 Å². The summed E-state index contributed by atoms with van der Waals surface area (Å²) in [7, 11) is 2.27. The maximum absolute atomic E-state index is 3.52. The van der Waals surface area contributed by atoms with Gasteiger partial charge in [0.15, 0.2) is 0 Å². The van der Waals surface area contributed by atoms with Crippen molar-refractivity contribution >= 4 is 27.3 Å². The molecule has 3 heteroatoms. The molecular weight excluding hydrogens is 282 g/mol. The summed E-state index contributed by atoms with van der Waals surface area (Å²) >= 11 is 5.37. The van der Waals surface area contributed by atoms with Gasteiger partial charge in [0.05, 0.1) is 0 Å². The van der Waals surface area contributed by atoms with E-state index >= 15 is 0 Å². The molecule has 0 amide bonds. The van der Waals surface area contributed by atoms with Gasteiger partial charge in [-0.2, -0.15) is 0 Å². The Balaban J connectivity index is 1.89. The Morgan fingerprint density at radius 3 is 2.94 bits per heavy atom. The average molecular weight is 302 g/mol. The quantitative estimate of drug-likeness (QED) is 0.793. The molecule has 1 saturated carbocycles. The lowest BCUT2D eigenvalue weighted by molar-refractivity contribution is 0.159. The molecule has 2 rings (SSSR count). The highest BCUT2D eigenvalue weighted by Crippen LogP contribution is 2.28. The van der Waals surface area contributed by atoms with E-state index in [1.807, 2.05) is 11.3 Å². The first-order valence-electron chi connectivity index (χ1n) is 6.08. The van der Waals surface area contributed by atoms with E-state index < -0.39 is 0 Å². The summed E-state index contributed by atoms with van der Waals surface area (Å²) in [5, 5.41) is 2.17. The summed E-state index contributed by atoms with van der Waals surface area (Å²) in [5.41, 5.74) is 0. The van der Waals surface area contributed by atoms with Gasteiger partial charge in [-0.15, -0.1) is 11.3 Å². The molecular formula is C13H20BrNS.